The van der Waals surface area contributed by atoms with Crippen LogP contribution in [0.4, 0.5) is 0 Å². The van der Waals surface area contributed by atoms with Gasteiger partial charge in [-0.15, -0.1) is 0 Å². The Morgan fingerprint density at radius 3 is 2.50 bits per heavy atom. The van der Waals surface area contributed by atoms with Crippen molar-refractivity contribution >= 4 is 5.91 Å². The molecule has 1 aromatic rings. The second-order valence-corrected chi connectivity index (χ2v) is 5.54. The number of hydrogen-bond acceptors (Lipinski definition) is 3. The number of rotatable bonds is 6. The highest BCUT2D eigenvalue weighted by molar-refractivity contribution is 5.76. The van der Waals surface area contributed by atoms with E-state index in [1.165, 1.54) is 5.56 Å². The van der Waals surface area contributed by atoms with Crippen LogP contribution in [0.3, 0.4) is 0 Å². The standard InChI is InChI=1S/C16H24N2O2/c1-20-11-15(12-5-3-2-4-6-12)18-14-9-7-13(8-10-14)16(17)19/h2-6,13-15,18H,7-11H2,1H3,(H2,17,19). The normalized spacial score (nSPS) is 24.2. The Labute approximate surface area is 120 Å². The summed E-state index contributed by atoms with van der Waals surface area (Å²) in [4.78, 5) is 11.2. The average molecular weight is 276 g/mol. The van der Waals surface area contributed by atoms with Crippen molar-refractivity contribution in [3.05, 3.63) is 35.9 Å². The SMILES string of the molecule is COCC(NC1CCC(C(N)=O)CC1)c1ccccc1. The van der Waals surface area contributed by atoms with E-state index in [2.05, 4.69) is 17.4 Å². The summed E-state index contributed by atoms with van der Waals surface area (Å²) in [5.74, 6) is -0.0920. The molecule has 0 saturated heterocycles. The first-order chi connectivity index (χ1) is 9.70. The van der Waals surface area contributed by atoms with Crippen LogP contribution in [0.2, 0.25) is 0 Å². The second kappa shape index (κ2) is 7.41. The van der Waals surface area contributed by atoms with Crippen LogP contribution in [0, 0.1) is 5.92 Å². The van der Waals surface area contributed by atoms with Gasteiger partial charge in [0, 0.05) is 19.1 Å². The Bertz CT molecular complexity index is 414. The lowest BCUT2D eigenvalue weighted by atomic mass is 9.85. The molecule has 1 saturated carbocycles. The Morgan fingerprint density at radius 1 is 1.30 bits per heavy atom. The van der Waals surface area contributed by atoms with Crippen molar-refractivity contribution in [2.75, 3.05) is 13.7 Å². The molecule has 1 amide bonds. The molecular weight excluding hydrogens is 252 g/mol. The first kappa shape index (κ1) is 15.0. The van der Waals surface area contributed by atoms with E-state index in [0.717, 1.165) is 25.7 Å². The summed E-state index contributed by atoms with van der Waals surface area (Å²) in [6.45, 7) is 0.653. The molecule has 1 fully saturated rings. The molecule has 20 heavy (non-hydrogen) atoms. The number of carbonyl (C=O) groups is 1. The molecule has 0 spiro atoms. The van der Waals surface area contributed by atoms with E-state index in [1.807, 2.05) is 18.2 Å². The Hall–Kier alpha value is -1.39. The van der Waals surface area contributed by atoms with Crippen LogP contribution in [0.15, 0.2) is 30.3 Å². The highest BCUT2D eigenvalue weighted by Gasteiger charge is 2.26. The van der Waals surface area contributed by atoms with Crippen LogP contribution in [0.25, 0.3) is 0 Å². The highest BCUT2D eigenvalue weighted by Crippen LogP contribution is 2.26. The minimum Gasteiger partial charge on any atom is -0.383 e. The van der Waals surface area contributed by atoms with Gasteiger partial charge in [0.25, 0.3) is 0 Å². The largest absolute Gasteiger partial charge is 0.383 e. The maximum atomic E-state index is 11.2. The van der Waals surface area contributed by atoms with Crippen LogP contribution in [0.1, 0.15) is 37.3 Å². The van der Waals surface area contributed by atoms with E-state index in [9.17, 15) is 4.79 Å². The maximum absolute atomic E-state index is 11.2. The molecule has 4 heteroatoms. The van der Waals surface area contributed by atoms with Gasteiger partial charge in [0.2, 0.25) is 5.91 Å². The highest BCUT2D eigenvalue weighted by atomic mass is 16.5. The number of nitrogens with one attached hydrogen (secondary N) is 1. The fourth-order valence-corrected chi connectivity index (χ4v) is 2.92. The number of carbonyl (C=O) groups excluding carboxylic acids is 1. The van der Waals surface area contributed by atoms with E-state index in [0.29, 0.717) is 12.6 Å². The number of ether oxygens (including phenoxy) is 1. The average Bonchev–Trinajstić information content (AvgIpc) is 2.48. The third-order valence-corrected chi connectivity index (χ3v) is 4.10. The quantitative estimate of drug-likeness (QED) is 0.835. The molecule has 2 rings (SSSR count). The van der Waals surface area contributed by atoms with Gasteiger partial charge >= 0.3 is 0 Å². The Kier molecular flexibility index (Phi) is 5.56. The molecule has 0 aliphatic heterocycles. The van der Waals surface area contributed by atoms with Crippen LogP contribution in [-0.4, -0.2) is 25.7 Å². The van der Waals surface area contributed by atoms with Gasteiger partial charge in [0.05, 0.1) is 12.6 Å². The third kappa shape index (κ3) is 4.05. The lowest BCUT2D eigenvalue weighted by molar-refractivity contribution is -0.122. The van der Waals surface area contributed by atoms with Crippen molar-refractivity contribution < 1.29 is 9.53 Å². The zero-order valence-electron chi connectivity index (χ0n) is 12.0. The van der Waals surface area contributed by atoms with Gasteiger partial charge in [-0.1, -0.05) is 30.3 Å². The summed E-state index contributed by atoms with van der Waals surface area (Å²) in [7, 11) is 1.72. The number of benzene rings is 1. The van der Waals surface area contributed by atoms with Crippen LogP contribution < -0.4 is 11.1 Å². The zero-order chi connectivity index (χ0) is 14.4. The van der Waals surface area contributed by atoms with E-state index in [1.54, 1.807) is 7.11 Å². The van der Waals surface area contributed by atoms with E-state index < -0.39 is 0 Å². The molecule has 1 aliphatic rings. The number of hydrogen-bond donors (Lipinski definition) is 2. The summed E-state index contributed by atoms with van der Waals surface area (Å²) in [6.07, 6.45) is 3.78. The monoisotopic (exact) mass is 276 g/mol. The molecule has 0 bridgehead atoms. The lowest BCUT2D eigenvalue weighted by Gasteiger charge is -2.31. The predicted molar refractivity (Wildman–Crippen MR) is 79.1 cm³/mol. The van der Waals surface area contributed by atoms with Gasteiger partial charge in [-0.25, -0.2) is 0 Å². The summed E-state index contributed by atoms with van der Waals surface area (Å²) >= 11 is 0. The van der Waals surface area contributed by atoms with Crippen molar-refractivity contribution in [2.24, 2.45) is 11.7 Å². The van der Waals surface area contributed by atoms with Crippen LogP contribution in [0.5, 0.6) is 0 Å². The summed E-state index contributed by atoms with van der Waals surface area (Å²) in [6, 6.07) is 11.0. The fourth-order valence-electron chi connectivity index (χ4n) is 2.92. The predicted octanol–water partition coefficient (Wildman–Crippen LogP) is 2.01. The molecule has 1 aromatic carbocycles. The zero-order valence-corrected chi connectivity index (χ0v) is 12.0. The molecule has 1 unspecified atom stereocenters. The lowest BCUT2D eigenvalue weighted by Crippen LogP contribution is -2.39. The summed E-state index contributed by atoms with van der Waals surface area (Å²) in [5, 5.41) is 3.66. The molecule has 110 valence electrons. The summed E-state index contributed by atoms with van der Waals surface area (Å²) in [5.41, 5.74) is 6.62. The Balaban J connectivity index is 1.91. The first-order valence-electron chi connectivity index (χ1n) is 7.30. The van der Waals surface area contributed by atoms with E-state index in [4.69, 9.17) is 10.5 Å². The van der Waals surface area contributed by atoms with E-state index >= 15 is 0 Å². The minimum absolute atomic E-state index is 0.0608. The minimum atomic E-state index is -0.153. The topological polar surface area (TPSA) is 64.3 Å². The second-order valence-electron chi connectivity index (χ2n) is 5.54. The van der Waals surface area contributed by atoms with Gasteiger partial charge in [0.15, 0.2) is 0 Å². The third-order valence-electron chi connectivity index (χ3n) is 4.10. The molecule has 4 nitrogen and oxygen atoms in total. The molecule has 0 radical (unpaired) electrons. The van der Waals surface area contributed by atoms with E-state index in [-0.39, 0.29) is 17.9 Å². The van der Waals surface area contributed by atoms with Gasteiger partial charge in [-0.2, -0.15) is 0 Å². The van der Waals surface area contributed by atoms with Gasteiger partial charge in [-0.3, -0.25) is 4.79 Å². The number of methoxy groups -OCH3 is 1. The molecular formula is C16H24N2O2. The van der Waals surface area contributed by atoms with Gasteiger partial charge < -0.3 is 15.8 Å². The maximum Gasteiger partial charge on any atom is 0.220 e. The van der Waals surface area contributed by atoms with Crippen molar-refractivity contribution in [2.45, 2.75) is 37.8 Å². The van der Waals surface area contributed by atoms with Crippen molar-refractivity contribution in [3.63, 3.8) is 0 Å². The Morgan fingerprint density at radius 2 is 1.95 bits per heavy atom. The van der Waals surface area contributed by atoms with Crippen molar-refractivity contribution in [3.8, 4) is 0 Å². The van der Waals surface area contributed by atoms with Crippen molar-refractivity contribution in [1.82, 2.24) is 5.32 Å². The number of primary amides is 1. The van der Waals surface area contributed by atoms with Crippen molar-refractivity contribution in [1.29, 1.82) is 0 Å². The van der Waals surface area contributed by atoms with Crippen LogP contribution in [-0.2, 0) is 9.53 Å². The molecule has 0 aromatic heterocycles. The first-order valence-corrected chi connectivity index (χ1v) is 7.30. The number of amides is 1. The van der Waals surface area contributed by atoms with Gasteiger partial charge in [-0.05, 0) is 31.2 Å². The molecule has 1 atom stereocenters. The fraction of sp³-hybridized carbons (Fsp3) is 0.562. The summed E-state index contributed by atoms with van der Waals surface area (Å²) < 4.78 is 5.32. The smallest absolute Gasteiger partial charge is 0.220 e. The van der Waals surface area contributed by atoms with Gasteiger partial charge in [0.1, 0.15) is 0 Å². The molecule has 0 heterocycles. The molecule has 1 aliphatic carbocycles. The number of nitrogens with two attached hydrogens (primary N) is 1. The van der Waals surface area contributed by atoms with Crippen LogP contribution >= 0.6 is 0 Å². The molecule has 3 N–H and O–H groups in total.